The topological polar surface area (TPSA) is 57.5 Å². The van der Waals surface area contributed by atoms with E-state index in [4.69, 9.17) is 9.47 Å². The molecular formula is C16H17NO4S. The van der Waals surface area contributed by atoms with Crippen molar-refractivity contribution in [2.45, 2.75) is 6.92 Å². The molecule has 1 aromatic carbocycles. The van der Waals surface area contributed by atoms with Crippen molar-refractivity contribution in [2.24, 2.45) is 7.05 Å². The molecule has 116 valence electrons. The van der Waals surface area contributed by atoms with Crippen LogP contribution >= 0.6 is 11.3 Å². The van der Waals surface area contributed by atoms with Gasteiger partial charge in [0.1, 0.15) is 10.4 Å². The van der Waals surface area contributed by atoms with Crippen LogP contribution in [0.5, 0.6) is 5.75 Å². The molecule has 1 aromatic heterocycles. The third kappa shape index (κ3) is 3.65. The molecule has 22 heavy (non-hydrogen) atoms. The van der Waals surface area contributed by atoms with E-state index in [0.717, 1.165) is 11.3 Å². The minimum Gasteiger partial charge on any atom is -0.497 e. The molecule has 0 N–H and O–H groups in total. The first-order chi connectivity index (χ1) is 10.5. The predicted octanol–water partition coefficient (Wildman–Crippen LogP) is 0.628. The molecule has 0 amide bonds. The Hall–Kier alpha value is -2.34. The first-order valence-electron chi connectivity index (χ1n) is 6.75. The standard InChI is InChI=1S/C16H17NO4S/c1-4-21-15(18)10-14-17(2)16(19)13(22-14)9-11-5-7-12(20-3)8-6-11/h5-10H,4H2,1-3H3. The number of carbonyl (C=O) groups is 1. The van der Waals surface area contributed by atoms with E-state index in [1.165, 1.54) is 22.0 Å². The largest absolute Gasteiger partial charge is 0.497 e. The number of ether oxygens (including phenoxy) is 2. The van der Waals surface area contributed by atoms with E-state index in [0.29, 0.717) is 15.8 Å². The number of esters is 1. The van der Waals surface area contributed by atoms with Crippen LogP contribution in [0.4, 0.5) is 0 Å². The van der Waals surface area contributed by atoms with Crippen LogP contribution in [0.3, 0.4) is 0 Å². The van der Waals surface area contributed by atoms with Crippen molar-refractivity contribution in [3.63, 3.8) is 0 Å². The monoisotopic (exact) mass is 319 g/mol. The lowest BCUT2D eigenvalue weighted by Gasteiger charge is -1.98. The highest BCUT2D eigenvalue weighted by molar-refractivity contribution is 7.07. The van der Waals surface area contributed by atoms with Gasteiger partial charge in [0.25, 0.3) is 5.56 Å². The summed E-state index contributed by atoms with van der Waals surface area (Å²) in [5.41, 5.74) is 0.749. The Morgan fingerprint density at radius 2 is 2.00 bits per heavy atom. The second-order valence-corrected chi connectivity index (χ2v) is 5.54. The molecule has 0 aliphatic rings. The Balaban J connectivity index is 2.46. The summed E-state index contributed by atoms with van der Waals surface area (Å²) >= 11 is 1.25. The molecule has 1 heterocycles. The maximum atomic E-state index is 12.2. The summed E-state index contributed by atoms with van der Waals surface area (Å²) in [4.78, 5) is 23.7. The molecule has 0 atom stereocenters. The molecule has 6 heteroatoms. The normalized spacial score (nSPS) is 12.5. The van der Waals surface area contributed by atoms with Crippen LogP contribution in [0.1, 0.15) is 12.5 Å². The molecule has 0 spiro atoms. The molecule has 0 radical (unpaired) electrons. The first kappa shape index (κ1) is 16.0. The molecule has 0 saturated carbocycles. The third-order valence-electron chi connectivity index (χ3n) is 3.00. The molecule has 0 fully saturated rings. The van der Waals surface area contributed by atoms with Gasteiger partial charge in [-0.25, -0.2) is 4.79 Å². The fourth-order valence-corrected chi connectivity index (χ4v) is 2.86. The lowest BCUT2D eigenvalue weighted by molar-refractivity contribution is -0.135. The maximum Gasteiger partial charge on any atom is 0.333 e. The highest BCUT2D eigenvalue weighted by Gasteiger charge is 2.03. The maximum absolute atomic E-state index is 12.2. The number of thiazole rings is 1. The van der Waals surface area contributed by atoms with E-state index in [9.17, 15) is 9.59 Å². The number of benzene rings is 1. The van der Waals surface area contributed by atoms with Gasteiger partial charge in [-0.2, -0.15) is 0 Å². The SMILES string of the molecule is CCOC(=O)C=c1sc(=Cc2ccc(OC)cc2)c(=O)n1C. The second kappa shape index (κ2) is 7.09. The van der Waals surface area contributed by atoms with E-state index in [2.05, 4.69) is 0 Å². The van der Waals surface area contributed by atoms with Crippen LogP contribution in [0, 0.1) is 0 Å². The molecule has 0 saturated heterocycles. The molecule has 2 aromatic rings. The van der Waals surface area contributed by atoms with Gasteiger partial charge in [-0.15, -0.1) is 11.3 Å². The molecule has 5 nitrogen and oxygen atoms in total. The van der Waals surface area contributed by atoms with Gasteiger partial charge in [0.15, 0.2) is 0 Å². The van der Waals surface area contributed by atoms with Crippen LogP contribution in [0.15, 0.2) is 29.1 Å². The summed E-state index contributed by atoms with van der Waals surface area (Å²) < 4.78 is 12.5. The summed E-state index contributed by atoms with van der Waals surface area (Å²) in [6.07, 6.45) is 3.12. The number of carbonyl (C=O) groups excluding carboxylic acids is 1. The van der Waals surface area contributed by atoms with Gasteiger partial charge >= 0.3 is 5.97 Å². The molecule has 0 bridgehead atoms. The number of rotatable bonds is 4. The quantitative estimate of drug-likeness (QED) is 0.776. The first-order valence-corrected chi connectivity index (χ1v) is 7.57. The smallest absolute Gasteiger partial charge is 0.333 e. The van der Waals surface area contributed by atoms with Gasteiger partial charge in [-0.05, 0) is 30.7 Å². The van der Waals surface area contributed by atoms with Crippen LogP contribution in [0.25, 0.3) is 12.2 Å². The fourth-order valence-electron chi connectivity index (χ4n) is 1.84. The van der Waals surface area contributed by atoms with Crippen LogP contribution in [0.2, 0.25) is 0 Å². The molecule has 0 unspecified atom stereocenters. The Morgan fingerprint density at radius 3 is 2.59 bits per heavy atom. The lowest BCUT2D eigenvalue weighted by Crippen LogP contribution is -2.29. The highest BCUT2D eigenvalue weighted by atomic mass is 32.1. The van der Waals surface area contributed by atoms with Gasteiger partial charge in [0, 0.05) is 7.05 Å². The average Bonchev–Trinajstić information content (AvgIpc) is 2.76. The van der Waals surface area contributed by atoms with Crippen molar-refractivity contribution < 1.29 is 14.3 Å². The minimum absolute atomic E-state index is 0.142. The van der Waals surface area contributed by atoms with E-state index >= 15 is 0 Å². The van der Waals surface area contributed by atoms with Gasteiger partial charge in [-0.3, -0.25) is 4.79 Å². The summed E-state index contributed by atoms with van der Waals surface area (Å²) in [7, 11) is 3.24. The summed E-state index contributed by atoms with van der Waals surface area (Å²) in [6.45, 7) is 2.04. The zero-order valence-electron chi connectivity index (χ0n) is 12.7. The average molecular weight is 319 g/mol. The van der Waals surface area contributed by atoms with E-state index in [1.807, 2.05) is 24.3 Å². The zero-order chi connectivity index (χ0) is 16.1. The number of aromatic nitrogens is 1. The van der Waals surface area contributed by atoms with E-state index in [-0.39, 0.29) is 5.56 Å². The van der Waals surface area contributed by atoms with Gasteiger partial charge in [0.2, 0.25) is 0 Å². The Morgan fingerprint density at radius 1 is 1.32 bits per heavy atom. The van der Waals surface area contributed by atoms with Crippen molar-refractivity contribution in [3.05, 3.63) is 49.4 Å². The number of nitrogens with zero attached hydrogens (tertiary/aromatic N) is 1. The zero-order valence-corrected chi connectivity index (χ0v) is 13.5. The summed E-state index contributed by atoms with van der Waals surface area (Å²) in [5.74, 6) is 0.308. The van der Waals surface area contributed by atoms with Gasteiger partial charge < -0.3 is 14.0 Å². The number of hydrogen-bond donors (Lipinski definition) is 0. The Labute approximate surface area is 131 Å². The summed E-state index contributed by atoms with van der Waals surface area (Å²) in [5, 5.41) is 0. The molecule has 0 aliphatic heterocycles. The van der Waals surface area contributed by atoms with Gasteiger partial charge in [0.05, 0.1) is 24.3 Å². The third-order valence-corrected chi connectivity index (χ3v) is 4.12. The van der Waals surface area contributed by atoms with E-state index < -0.39 is 5.97 Å². The van der Waals surface area contributed by atoms with Gasteiger partial charge in [-0.1, -0.05) is 12.1 Å². The number of methoxy groups -OCH3 is 1. The molecular weight excluding hydrogens is 302 g/mol. The Bertz CT molecular complexity index is 831. The lowest BCUT2D eigenvalue weighted by atomic mass is 10.2. The minimum atomic E-state index is -0.449. The second-order valence-electron chi connectivity index (χ2n) is 4.48. The van der Waals surface area contributed by atoms with Crippen molar-refractivity contribution in [1.29, 1.82) is 0 Å². The highest BCUT2D eigenvalue weighted by Crippen LogP contribution is 2.11. The summed E-state index contributed by atoms with van der Waals surface area (Å²) in [6, 6.07) is 7.39. The fraction of sp³-hybridized carbons (Fsp3) is 0.250. The predicted molar refractivity (Wildman–Crippen MR) is 86.5 cm³/mol. The molecule has 2 rings (SSSR count). The van der Waals surface area contributed by atoms with Crippen LogP contribution in [-0.4, -0.2) is 24.3 Å². The van der Waals surface area contributed by atoms with Crippen molar-refractivity contribution in [1.82, 2.24) is 4.57 Å². The number of hydrogen-bond acceptors (Lipinski definition) is 5. The van der Waals surface area contributed by atoms with Crippen LogP contribution in [-0.2, 0) is 16.6 Å². The Kier molecular flexibility index (Phi) is 5.16. The van der Waals surface area contributed by atoms with Crippen molar-refractivity contribution in [3.8, 4) is 5.75 Å². The molecule has 0 aliphatic carbocycles. The van der Waals surface area contributed by atoms with Crippen LogP contribution < -0.4 is 19.5 Å². The van der Waals surface area contributed by atoms with Crippen molar-refractivity contribution in [2.75, 3.05) is 13.7 Å². The van der Waals surface area contributed by atoms with E-state index in [1.54, 1.807) is 27.2 Å². The van der Waals surface area contributed by atoms with Crippen molar-refractivity contribution >= 4 is 29.5 Å².